The number of thiophene rings is 1. The number of nitrogens with zero attached hydrogens (tertiary/aromatic N) is 1. The van der Waals surface area contributed by atoms with Crippen molar-refractivity contribution in [1.82, 2.24) is 15.6 Å². The Balaban J connectivity index is 1.76. The lowest BCUT2D eigenvalue weighted by molar-refractivity contribution is 0.231. The summed E-state index contributed by atoms with van der Waals surface area (Å²) in [6.07, 6.45) is 1.37. The lowest BCUT2D eigenvalue weighted by Gasteiger charge is -2.12. The molecule has 2 aromatic rings. The van der Waals surface area contributed by atoms with E-state index in [1.165, 1.54) is 9.75 Å². The molecule has 5 nitrogen and oxygen atoms in total. The number of rotatable bonds is 7. The fourth-order valence-electron chi connectivity index (χ4n) is 1.97. The molecule has 0 bridgehead atoms. The molecule has 2 rings (SSSR count). The summed E-state index contributed by atoms with van der Waals surface area (Å²) in [5, 5.41) is 17.6. The van der Waals surface area contributed by atoms with Gasteiger partial charge in [-0.15, -0.1) is 22.7 Å². The first-order valence-corrected chi connectivity index (χ1v) is 8.94. The molecule has 0 fully saturated rings. The minimum Gasteiger partial charge on any atom is -0.396 e. The molecule has 0 aliphatic carbocycles. The number of thiazole rings is 1. The first-order chi connectivity index (χ1) is 10.6. The van der Waals surface area contributed by atoms with Gasteiger partial charge in [0.25, 0.3) is 0 Å². The Morgan fingerprint density at radius 3 is 2.95 bits per heavy atom. The van der Waals surface area contributed by atoms with Crippen molar-refractivity contribution in [1.29, 1.82) is 0 Å². The van der Waals surface area contributed by atoms with E-state index >= 15 is 0 Å². The van der Waals surface area contributed by atoms with Crippen LogP contribution in [-0.4, -0.2) is 35.3 Å². The fourth-order valence-corrected chi connectivity index (χ4v) is 3.62. The van der Waals surface area contributed by atoms with Crippen LogP contribution in [0.2, 0.25) is 0 Å². The number of urea groups is 1. The van der Waals surface area contributed by atoms with E-state index in [0.29, 0.717) is 13.0 Å². The second-order valence-corrected chi connectivity index (χ2v) is 7.31. The number of aromatic nitrogens is 1. The molecule has 3 N–H and O–H groups in total. The van der Waals surface area contributed by atoms with Crippen LogP contribution >= 0.6 is 22.7 Å². The minimum absolute atomic E-state index is 0.0220. The zero-order valence-corrected chi connectivity index (χ0v) is 14.4. The zero-order valence-electron chi connectivity index (χ0n) is 12.8. The highest BCUT2D eigenvalue weighted by molar-refractivity contribution is 7.16. The van der Waals surface area contributed by atoms with Gasteiger partial charge in [0.2, 0.25) is 0 Å². The van der Waals surface area contributed by atoms with Crippen molar-refractivity contribution >= 4 is 28.7 Å². The molecule has 22 heavy (non-hydrogen) atoms. The summed E-state index contributed by atoms with van der Waals surface area (Å²) in [6.45, 7) is 4.55. The van der Waals surface area contributed by atoms with Crippen molar-refractivity contribution in [3.8, 4) is 10.6 Å². The second kappa shape index (κ2) is 8.26. The number of carbonyl (C=O) groups excluding carboxylic acids is 1. The number of carbonyl (C=O) groups is 1. The monoisotopic (exact) mass is 339 g/mol. The van der Waals surface area contributed by atoms with Crippen LogP contribution in [0.5, 0.6) is 0 Å². The third kappa shape index (κ3) is 5.08. The Hall–Kier alpha value is -1.44. The predicted molar refractivity (Wildman–Crippen MR) is 91.6 cm³/mol. The van der Waals surface area contributed by atoms with E-state index in [9.17, 15) is 4.79 Å². The van der Waals surface area contributed by atoms with E-state index in [1.807, 2.05) is 13.8 Å². The number of hydrogen-bond donors (Lipinski definition) is 3. The maximum Gasteiger partial charge on any atom is 0.315 e. The Morgan fingerprint density at radius 2 is 2.27 bits per heavy atom. The van der Waals surface area contributed by atoms with Gasteiger partial charge < -0.3 is 15.7 Å². The fraction of sp³-hybridized carbons (Fsp3) is 0.467. The summed E-state index contributed by atoms with van der Waals surface area (Å²) >= 11 is 3.36. The van der Waals surface area contributed by atoms with Gasteiger partial charge in [-0.25, -0.2) is 9.78 Å². The van der Waals surface area contributed by atoms with Crippen LogP contribution in [0.25, 0.3) is 10.6 Å². The number of amides is 2. The maximum absolute atomic E-state index is 11.6. The van der Waals surface area contributed by atoms with E-state index in [-0.39, 0.29) is 18.7 Å². The number of aryl methyl sites for hydroxylation is 1. The normalized spacial score (nSPS) is 12.1. The lowest BCUT2D eigenvalue weighted by Crippen LogP contribution is -2.41. The standard InChI is InChI=1S/C15H21N3O2S2/c1-10(6-8-19)17-15(20)16-7-5-12-3-4-14(22-12)13-9-21-11(2)18-13/h3-4,9-10,19H,5-8H2,1-2H3,(H2,16,17,20)/t10-/m1/s1. The highest BCUT2D eigenvalue weighted by Crippen LogP contribution is 2.29. The summed E-state index contributed by atoms with van der Waals surface area (Å²) in [7, 11) is 0. The van der Waals surface area contributed by atoms with Gasteiger partial charge in [0, 0.05) is 29.5 Å². The molecule has 0 unspecified atom stereocenters. The lowest BCUT2D eigenvalue weighted by atomic mass is 10.2. The van der Waals surface area contributed by atoms with Crippen molar-refractivity contribution in [3.05, 3.63) is 27.4 Å². The molecule has 0 aliphatic rings. The molecule has 2 heterocycles. The van der Waals surface area contributed by atoms with E-state index in [0.717, 1.165) is 17.1 Å². The first-order valence-electron chi connectivity index (χ1n) is 7.25. The highest BCUT2D eigenvalue weighted by Gasteiger charge is 2.08. The topological polar surface area (TPSA) is 74.2 Å². The quantitative estimate of drug-likeness (QED) is 0.726. The Morgan fingerprint density at radius 1 is 1.45 bits per heavy atom. The van der Waals surface area contributed by atoms with E-state index < -0.39 is 0 Å². The largest absolute Gasteiger partial charge is 0.396 e. The molecule has 0 aliphatic heterocycles. The van der Waals surface area contributed by atoms with Gasteiger partial charge in [0.05, 0.1) is 15.6 Å². The van der Waals surface area contributed by atoms with Gasteiger partial charge in [-0.2, -0.15) is 0 Å². The molecular formula is C15H21N3O2S2. The van der Waals surface area contributed by atoms with Crippen molar-refractivity contribution in [2.75, 3.05) is 13.2 Å². The molecule has 0 aromatic carbocycles. The molecule has 120 valence electrons. The third-order valence-corrected chi connectivity index (χ3v) is 5.07. The van der Waals surface area contributed by atoms with E-state index in [1.54, 1.807) is 22.7 Å². The Labute approximate surface area is 138 Å². The van der Waals surface area contributed by atoms with Crippen LogP contribution in [-0.2, 0) is 6.42 Å². The van der Waals surface area contributed by atoms with Crippen molar-refractivity contribution in [2.24, 2.45) is 0 Å². The van der Waals surface area contributed by atoms with Crippen molar-refractivity contribution in [2.45, 2.75) is 32.7 Å². The number of nitrogens with one attached hydrogen (secondary N) is 2. The van der Waals surface area contributed by atoms with Crippen LogP contribution in [0.1, 0.15) is 23.2 Å². The average molecular weight is 339 g/mol. The average Bonchev–Trinajstić information content (AvgIpc) is 3.08. The minimum atomic E-state index is -0.187. The summed E-state index contributed by atoms with van der Waals surface area (Å²) in [6, 6.07) is 3.96. The molecule has 2 aromatic heterocycles. The van der Waals surface area contributed by atoms with Crippen LogP contribution in [0.3, 0.4) is 0 Å². The Kier molecular flexibility index (Phi) is 6.35. The van der Waals surface area contributed by atoms with Crippen molar-refractivity contribution in [3.63, 3.8) is 0 Å². The molecule has 1 atom stereocenters. The zero-order chi connectivity index (χ0) is 15.9. The molecule has 0 saturated heterocycles. The molecular weight excluding hydrogens is 318 g/mol. The summed E-state index contributed by atoms with van der Waals surface area (Å²) in [4.78, 5) is 18.5. The summed E-state index contributed by atoms with van der Waals surface area (Å²) < 4.78 is 0. The molecule has 2 amide bonds. The van der Waals surface area contributed by atoms with Crippen LogP contribution in [0, 0.1) is 6.92 Å². The SMILES string of the molecule is Cc1nc(-c2ccc(CCNC(=O)N[C@H](C)CCO)s2)cs1. The number of aliphatic hydroxyl groups is 1. The predicted octanol–water partition coefficient (Wildman–Crippen LogP) is 2.79. The van der Waals surface area contributed by atoms with E-state index in [2.05, 4.69) is 33.1 Å². The van der Waals surface area contributed by atoms with Gasteiger partial charge in [-0.3, -0.25) is 0 Å². The van der Waals surface area contributed by atoms with Gasteiger partial charge >= 0.3 is 6.03 Å². The van der Waals surface area contributed by atoms with Gasteiger partial charge in [-0.05, 0) is 38.8 Å². The summed E-state index contributed by atoms with van der Waals surface area (Å²) in [5.74, 6) is 0. The molecule has 0 spiro atoms. The third-order valence-electron chi connectivity index (χ3n) is 3.13. The van der Waals surface area contributed by atoms with Gasteiger partial charge in [-0.1, -0.05) is 0 Å². The highest BCUT2D eigenvalue weighted by atomic mass is 32.1. The van der Waals surface area contributed by atoms with E-state index in [4.69, 9.17) is 5.11 Å². The van der Waals surface area contributed by atoms with Crippen LogP contribution < -0.4 is 10.6 Å². The number of aliphatic hydroxyl groups excluding tert-OH is 1. The first kappa shape index (κ1) is 16.9. The Bertz CT molecular complexity index is 609. The van der Waals surface area contributed by atoms with Gasteiger partial charge in [0.15, 0.2) is 0 Å². The number of hydrogen-bond acceptors (Lipinski definition) is 5. The maximum atomic E-state index is 11.6. The summed E-state index contributed by atoms with van der Waals surface area (Å²) in [5.41, 5.74) is 1.03. The van der Waals surface area contributed by atoms with Crippen molar-refractivity contribution < 1.29 is 9.90 Å². The molecule has 0 radical (unpaired) electrons. The second-order valence-electron chi connectivity index (χ2n) is 5.08. The molecule has 0 saturated carbocycles. The van der Waals surface area contributed by atoms with Gasteiger partial charge in [0.1, 0.15) is 0 Å². The van der Waals surface area contributed by atoms with Crippen LogP contribution in [0.4, 0.5) is 4.79 Å². The van der Waals surface area contributed by atoms with Crippen LogP contribution in [0.15, 0.2) is 17.5 Å². The molecule has 7 heteroatoms. The smallest absolute Gasteiger partial charge is 0.315 e.